The summed E-state index contributed by atoms with van der Waals surface area (Å²) in [4.78, 5) is 22.8. The number of hydrogen-bond acceptors (Lipinski definition) is 5. The van der Waals surface area contributed by atoms with Crippen molar-refractivity contribution in [3.05, 3.63) is 52.0 Å². The van der Waals surface area contributed by atoms with Crippen molar-refractivity contribution in [1.29, 1.82) is 0 Å². The number of rotatable bonds is 5. The molecule has 2 aromatic rings. The first kappa shape index (κ1) is 18.3. The van der Waals surface area contributed by atoms with Crippen molar-refractivity contribution in [3.8, 4) is 11.3 Å². The van der Waals surface area contributed by atoms with Gasteiger partial charge < -0.3 is 4.42 Å². The third-order valence-corrected chi connectivity index (χ3v) is 6.03. The first-order valence-corrected chi connectivity index (χ1v) is 9.27. The molecule has 8 heteroatoms. The summed E-state index contributed by atoms with van der Waals surface area (Å²) in [7, 11) is 0. The molecule has 3 atom stereocenters. The van der Waals surface area contributed by atoms with Crippen molar-refractivity contribution in [2.24, 2.45) is 22.4 Å². The summed E-state index contributed by atoms with van der Waals surface area (Å²) in [6, 6.07) is 6.40. The number of halogens is 1. The number of hydrogen-bond donors (Lipinski definition) is 1. The van der Waals surface area contributed by atoms with Gasteiger partial charge in [-0.25, -0.2) is 9.82 Å². The van der Waals surface area contributed by atoms with E-state index in [4.69, 9.17) is 4.42 Å². The molecule has 2 aliphatic rings. The summed E-state index contributed by atoms with van der Waals surface area (Å²) in [6.45, 7) is 2.17. The maximum atomic E-state index is 13.3. The number of carbonyl (C=O) groups excluding carboxylic acids is 1. The van der Waals surface area contributed by atoms with Gasteiger partial charge in [-0.3, -0.25) is 14.9 Å². The van der Waals surface area contributed by atoms with E-state index in [1.54, 1.807) is 12.1 Å². The van der Waals surface area contributed by atoms with Crippen LogP contribution in [0.15, 0.2) is 39.9 Å². The zero-order chi connectivity index (χ0) is 19.9. The number of furan rings is 1. The third kappa shape index (κ3) is 3.19. The van der Waals surface area contributed by atoms with E-state index in [2.05, 4.69) is 17.5 Å². The van der Waals surface area contributed by atoms with E-state index in [9.17, 15) is 19.3 Å². The van der Waals surface area contributed by atoms with Gasteiger partial charge in [-0.05, 0) is 48.4 Å². The molecule has 146 valence electrons. The van der Waals surface area contributed by atoms with E-state index in [0.717, 1.165) is 25.0 Å². The molecule has 7 nitrogen and oxygen atoms in total. The Morgan fingerprint density at radius 2 is 2.21 bits per heavy atom. The monoisotopic (exact) mass is 385 g/mol. The number of hydrazone groups is 1. The van der Waals surface area contributed by atoms with Crippen molar-refractivity contribution in [3.63, 3.8) is 0 Å². The fourth-order valence-electron chi connectivity index (χ4n) is 4.51. The standard InChI is InChI=1S/C20H20FN3O4/c1-20-9-3-2-4-15(20)18(20)19(25)23-22-11-13-6-8-17(28-13)14-7-5-12(21)10-16(14)24(26)27/h5-8,10-11,15,18H,2-4,9H2,1H3,(H,23,25)/b22-11-/t15-,18+,20-/m0/s1. The lowest BCUT2D eigenvalue weighted by molar-refractivity contribution is -0.384. The summed E-state index contributed by atoms with van der Waals surface area (Å²) in [6.07, 6.45) is 5.88. The average Bonchev–Trinajstić information content (AvgIpc) is 3.02. The minimum absolute atomic E-state index is 0.0150. The summed E-state index contributed by atoms with van der Waals surface area (Å²) in [5.74, 6) is 0.243. The van der Waals surface area contributed by atoms with E-state index in [0.29, 0.717) is 11.7 Å². The maximum absolute atomic E-state index is 13.3. The second-order valence-electron chi connectivity index (χ2n) is 7.69. The molecule has 2 fully saturated rings. The summed E-state index contributed by atoms with van der Waals surface area (Å²) in [5.41, 5.74) is 2.47. The molecule has 4 rings (SSSR count). The van der Waals surface area contributed by atoms with Crippen LogP contribution < -0.4 is 5.43 Å². The van der Waals surface area contributed by atoms with E-state index in [1.165, 1.54) is 25.1 Å². The van der Waals surface area contributed by atoms with Crippen LogP contribution in [0.5, 0.6) is 0 Å². The molecule has 0 saturated heterocycles. The second kappa shape index (κ2) is 6.85. The van der Waals surface area contributed by atoms with E-state index in [1.807, 2.05) is 0 Å². The van der Waals surface area contributed by atoms with E-state index >= 15 is 0 Å². The Kier molecular flexibility index (Phi) is 4.49. The van der Waals surface area contributed by atoms with Gasteiger partial charge in [0.05, 0.1) is 22.8 Å². The van der Waals surface area contributed by atoms with Crippen molar-refractivity contribution >= 4 is 17.8 Å². The summed E-state index contributed by atoms with van der Waals surface area (Å²) >= 11 is 0. The Bertz CT molecular complexity index is 970. The van der Waals surface area contributed by atoms with E-state index in [-0.39, 0.29) is 34.3 Å². The molecule has 0 unspecified atom stereocenters. The quantitative estimate of drug-likeness (QED) is 0.472. The fourth-order valence-corrected chi connectivity index (χ4v) is 4.51. The molecule has 1 aromatic heterocycles. The van der Waals surface area contributed by atoms with Gasteiger partial charge in [-0.15, -0.1) is 0 Å². The lowest BCUT2D eigenvalue weighted by Gasteiger charge is -2.15. The Balaban J connectivity index is 1.43. The number of nitrogens with zero attached hydrogens (tertiary/aromatic N) is 2. The van der Waals surface area contributed by atoms with Crippen LogP contribution in [0.1, 0.15) is 38.4 Å². The highest BCUT2D eigenvalue weighted by atomic mass is 19.1. The van der Waals surface area contributed by atoms with Gasteiger partial charge >= 0.3 is 0 Å². The molecule has 1 aromatic carbocycles. The molecule has 1 N–H and O–H groups in total. The Hall–Kier alpha value is -3.03. The third-order valence-electron chi connectivity index (χ3n) is 6.03. The summed E-state index contributed by atoms with van der Waals surface area (Å²) < 4.78 is 18.8. The smallest absolute Gasteiger partial charge is 0.283 e. The molecule has 0 spiro atoms. The first-order valence-electron chi connectivity index (χ1n) is 9.27. The van der Waals surface area contributed by atoms with Gasteiger partial charge in [0.25, 0.3) is 5.69 Å². The zero-order valence-electron chi connectivity index (χ0n) is 15.4. The molecular formula is C20H20FN3O4. The number of amides is 1. The van der Waals surface area contributed by atoms with Crippen LogP contribution in [0.3, 0.4) is 0 Å². The molecule has 2 saturated carbocycles. The Labute approximate surface area is 160 Å². The molecular weight excluding hydrogens is 365 g/mol. The minimum atomic E-state index is -0.694. The number of nitro benzene ring substituents is 1. The second-order valence-corrected chi connectivity index (χ2v) is 7.69. The number of benzene rings is 1. The van der Waals surface area contributed by atoms with Crippen LogP contribution in [-0.2, 0) is 4.79 Å². The van der Waals surface area contributed by atoms with Gasteiger partial charge in [0.2, 0.25) is 5.91 Å². The number of nitrogens with one attached hydrogen (secondary N) is 1. The molecule has 2 aliphatic carbocycles. The van der Waals surface area contributed by atoms with Crippen molar-refractivity contribution in [1.82, 2.24) is 5.43 Å². The van der Waals surface area contributed by atoms with Crippen LogP contribution in [0.4, 0.5) is 10.1 Å². The van der Waals surface area contributed by atoms with Gasteiger partial charge in [-0.1, -0.05) is 19.8 Å². The van der Waals surface area contributed by atoms with Crippen molar-refractivity contribution in [2.45, 2.75) is 32.6 Å². The van der Waals surface area contributed by atoms with Crippen molar-refractivity contribution < 1.29 is 18.5 Å². The molecule has 1 amide bonds. The maximum Gasteiger partial charge on any atom is 0.283 e. The number of fused-ring (bicyclic) bond motifs is 1. The molecule has 0 aliphatic heterocycles. The number of nitro groups is 1. The zero-order valence-corrected chi connectivity index (χ0v) is 15.4. The van der Waals surface area contributed by atoms with Crippen LogP contribution in [0.25, 0.3) is 11.3 Å². The summed E-state index contributed by atoms with van der Waals surface area (Å²) in [5, 5.41) is 15.1. The lowest BCUT2D eigenvalue weighted by Crippen LogP contribution is -2.22. The van der Waals surface area contributed by atoms with Crippen LogP contribution in [0.2, 0.25) is 0 Å². The lowest BCUT2D eigenvalue weighted by atomic mass is 9.90. The molecule has 1 heterocycles. The normalized spacial score (nSPS) is 26.1. The van der Waals surface area contributed by atoms with Gasteiger partial charge in [0.1, 0.15) is 17.3 Å². The topological polar surface area (TPSA) is 97.7 Å². The predicted molar refractivity (Wildman–Crippen MR) is 100 cm³/mol. The SMILES string of the molecule is C[C@]12CCCC[C@H]1[C@@H]2C(=O)N/N=C\c1ccc(-c2ccc(F)cc2[N+](=O)[O-])o1. The van der Waals surface area contributed by atoms with Gasteiger partial charge in [0, 0.05) is 5.92 Å². The van der Waals surface area contributed by atoms with Crippen LogP contribution >= 0.6 is 0 Å². The highest BCUT2D eigenvalue weighted by Gasteiger charge is 2.64. The van der Waals surface area contributed by atoms with Crippen molar-refractivity contribution in [2.75, 3.05) is 0 Å². The Morgan fingerprint density at radius 3 is 2.93 bits per heavy atom. The largest absolute Gasteiger partial charge is 0.455 e. The van der Waals surface area contributed by atoms with Gasteiger partial charge in [0.15, 0.2) is 0 Å². The molecule has 28 heavy (non-hydrogen) atoms. The average molecular weight is 385 g/mol. The van der Waals surface area contributed by atoms with E-state index < -0.39 is 10.7 Å². The highest BCUT2D eigenvalue weighted by molar-refractivity contribution is 5.85. The van der Waals surface area contributed by atoms with Gasteiger partial charge in [-0.2, -0.15) is 5.10 Å². The molecule has 0 bridgehead atoms. The highest BCUT2D eigenvalue weighted by Crippen LogP contribution is 2.66. The minimum Gasteiger partial charge on any atom is -0.455 e. The number of carbonyl (C=O) groups is 1. The first-order chi connectivity index (χ1) is 13.4. The Morgan fingerprint density at radius 1 is 1.39 bits per heavy atom. The fraction of sp³-hybridized carbons (Fsp3) is 0.400. The van der Waals surface area contributed by atoms with Crippen LogP contribution in [-0.4, -0.2) is 17.0 Å². The predicted octanol–water partition coefficient (Wildman–Crippen LogP) is 4.27. The molecule has 0 radical (unpaired) electrons. The van der Waals surface area contributed by atoms with Crippen LogP contribution in [0, 0.1) is 33.2 Å².